The SMILES string of the molecule is CN1C(=O)c2c(ccc(C3=NOC(c4cc(Cl)cc(Cl)c4F)C3C(F)(F)F)c2C(=O)CS(C)(=O)=O)C12CNC2. The Hall–Kier alpha value is -2.74. The zero-order valence-corrected chi connectivity index (χ0v) is 22.5. The van der Waals surface area contributed by atoms with Gasteiger partial charge in [0.1, 0.15) is 23.2 Å². The van der Waals surface area contributed by atoms with Crippen LogP contribution in [-0.2, 0) is 20.2 Å². The predicted octanol–water partition coefficient (Wildman–Crippen LogP) is 3.90. The van der Waals surface area contributed by atoms with Gasteiger partial charge in [0, 0.05) is 48.1 Å². The fourth-order valence-electron chi connectivity index (χ4n) is 5.30. The van der Waals surface area contributed by atoms with E-state index in [1.54, 1.807) is 0 Å². The van der Waals surface area contributed by atoms with E-state index in [4.69, 9.17) is 28.0 Å². The van der Waals surface area contributed by atoms with Crippen LogP contribution in [0.2, 0.25) is 10.0 Å². The van der Waals surface area contributed by atoms with Crippen LogP contribution in [0.15, 0.2) is 29.4 Å². The number of nitrogens with zero attached hydrogens (tertiary/aromatic N) is 2. The average molecular weight is 608 g/mol. The van der Waals surface area contributed by atoms with E-state index >= 15 is 0 Å². The number of carbonyl (C=O) groups excluding carboxylic acids is 2. The lowest BCUT2D eigenvalue weighted by atomic mass is 9.79. The van der Waals surface area contributed by atoms with E-state index in [1.165, 1.54) is 24.1 Å². The Morgan fingerprint density at radius 1 is 1.26 bits per heavy atom. The first-order valence-corrected chi connectivity index (χ1v) is 14.2. The molecule has 0 saturated carbocycles. The molecule has 2 atom stereocenters. The molecule has 2 aromatic carbocycles. The molecule has 8 nitrogen and oxygen atoms in total. The average Bonchev–Trinajstić information content (AvgIpc) is 3.32. The van der Waals surface area contributed by atoms with Crippen molar-refractivity contribution < 1.29 is 40.4 Å². The van der Waals surface area contributed by atoms with E-state index in [9.17, 15) is 35.6 Å². The number of halogens is 6. The highest BCUT2D eigenvalue weighted by Gasteiger charge is 2.57. The normalized spacial score (nSPS) is 22.0. The Morgan fingerprint density at radius 3 is 2.49 bits per heavy atom. The second kappa shape index (κ2) is 9.15. The zero-order chi connectivity index (χ0) is 28.7. The van der Waals surface area contributed by atoms with Crippen molar-refractivity contribution in [1.29, 1.82) is 0 Å². The molecule has 1 saturated heterocycles. The Balaban J connectivity index is 1.72. The largest absolute Gasteiger partial charge is 0.401 e. The summed E-state index contributed by atoms with van der Waals surface area (Å²) in [6.07, 6.45) is -6.37. The number of hydrogen-bond donors (Lipinski definition) is 1. The number of amides is 1. The van der Waals surface area contributed by atoms with Crippen LogP contribution in [0, 0.1) is 11.7 Å². The first kappa shape index (κ1) is 27.8. The fourth-order valence-corrected chi connectivity index (χ4v) is 6.43. The van der Waals surface area contributed by atoms with Gasteiger partial charge in [0.15, 0.2) is 21.7 Å². The van der Waals surface area contributed by atoms with Gasteiger partial charge in [0.25, 0.3) is 5.91 Å². The number of rotatable bonds is 5. The predicted molar refractivity (Wildman–Crippen MR) is 133 cm³/mol. The third-order valence-corrected chi connectivity index (χ3v) is 8.47. The molecular formula is C24H19Cl2F4N3O5S. The number of hydrogen-bond acceptors (Lipinski definition) is 7. The van der Waals surface area contributed by atoms with Gasteiger partial charge in [-0.05, 0) is 17.7 Å². The highest BCUT2D eigenvalue weighted by molar-refractivity contribution is 7.91. The Kier molecular flexibility index (Phi) is 6.52. The lowest BCUT2D eigenvalue weighted by Crippen LogP contribution is -2.63. The van der Waals surface area contributed by atoms with Gasteiger partial charge < -0.3 is 15.1 Å². The molecule has 1 fully saturated rings. The maximum atomic E-state index is 14.9. The molecule has 3 heterocycles. The maximum Gasteiger partial charge on any atom is 0.401 e. The number of Topliss-reactive ketones (excluding diaryl/α,β-unsaturated/α-hetero) is 1. The number of ketones is 1. The molecule has 5 rings (SSSR count). The maximum absolute atomic E-state index is 14.9. The summed E-state index contributed by atoms with van der Waals surface area (Å²) in [5.41, 5.74) is -3.05. The van der Waals surface area contributed by atoms with Crippen LogP contribution < -0.4 is 5.32 Å². The van der Waals surface area contributed by atoms with Crippen LogP contribution in [0.1, 0.15) is 43.5 Å². The monoisotopic (exact) mass is 607 g/mol. The van der Waals surface area contributed by atoms with Crippen molar-refractivity contribution in [2.45, 2.75) is 17.8 Å². The number of nitrogens with one attached hydrogen (secondary N) is 1. The van der Waals surface area contributed by atoms with Gasteiger partial charge in [-0.25, -0.2) is 12.8 Å². The molecule has 15 heteroatoms. The van der Waals surface area contributed by atoms with Gasteiger partial charge in [-0.1, -0.05) is 40.5 Å². The minimum absolute atomic E-state index is 0.149. The molecule has 3 aliphatic heterocycles. The molecule has 0 bridgehead atoms. The molecule has 0 aromatic heterocycles. The van der Waals surface area contributed by atoms with Crippen LogP contribution in [-0.4, -0.2) is 69.0 Å². The molecule has 3 aliphatic rings. The van der Waals surface area contributed by atoms with Gasteiger partial charge in [-0.2, -0.15) is 13.2 Å². The van der Waals surface area contributed by atoms with Gasteiger partial charge >= 0.3 is 6.18 Å². The second-order valence-electron chi connectivity index (χ2n) is 9.72. The van der Waals surface area contributed by atoms with E-state index in [-0.39, 0.29) is 10.6 Å². The molecule has 39 heavy (non-hydrogen) atoms. The third-order valence-electron chi connectivity index (χ3n) is 7.19. The van der Waals surface area contributed by atoms with E-state index < -0.39 is 84.3 Å². The van der Waals surface area contributed by atoms with Crippen molar-refractivity contribution in [3.05, 3.63) is 67.9 Å². The van der Waals surface area contributed by atoms with Gasteiger partial charge in [0.2, 0.25) is 0 Å². The van der Waals surface area contributed by atoms with Crippen LogP contribution in [0.5, 0.6) is 0 Å². The molecule has 1 N–H and O–H groups in total. The molecule has 208 valence electrons. The van der Waals surface area contributed by atoms with Crippen molar-refractivity contribution in [2.75, 3.05) is 32.1 Å². The minimum Gasteiger partial charge on any atom is -0.386 e. The van der Waals surface area contributed by atoms with Crippen molar-refractivity contribution in [3.63, 3.8) is 0 Å². The molecule has 2 aromatic rings. The summed E-state index contributed by atoms with van der Waals surface area (Å²) in [4.78, 5) is 33.2. The number of likely N-dealkylation sites (N-methyl/N-ethyl adjacent to an activating group) is 1. The number of carbonyl (C=O) groups is 2. The number of sulfone groups is 1. The Morgan fingerprint density at radius 2 is 1.92 bits per heavy atom. The van der Waals surface area contributed by atoms with E-state index in [1.807, 2.05) is 0 Å². The van der Waals surface area contributed by atoms with Crippen molar-refractivity contribution in [1.82, 2.24) is 10.2 Å². The highest BCUT2D eigenvalue weighted by Crippen LogP contribution is 2.49. The summed E-state index contributed by atoms with van der Waals surface area (Å²) >= 11 is 11.7. The number of benzene rings is 2. The summed E-state index contributed by atoms with van der Waals surface area (Å²) in [6, 6.07) is 4.54. The molecule has 1 amide bonds. The van der Waals surface area contributed by atoms with Gasteiger partial charge in [-0.3, -0.25) is 9.59 Å². The van der Waals surface area contributed by atoms with E-state index in [0.29, 0.717) is 18.7 Å². The third kappa shape index (κ3) is 4.39. The van der Waals surface area contributed by atoms with Crippen molar-refractivity contribution in [2.24, 2.45) is 11.1 Å². The smallest absolute Gasteiger partial charge is 0.386 e. The summed E-state index contributed by atoms with van der Waals surface area (Å²) in [7, 11) is -2.46. The standard InChI is InChI=1S/C24H19Cl2F4N3O5S/c1-33-22(35)17-13(23(33)8-31-9-23)4-3-11(16(17)15(34)7-39(2,36)37)20-18(24(28,29)30)21(38-32-20)12-5-10(25)6-14(26)19(12)27/h3-6,18,21,31H,7-9H2,1-2H3. The van der Waals surface area contributed by atoms with E-state index in [2.05, 4.69) is 10.5 Å². The highest BCUT2D eigenvalue weighted by atomic mass is 35.5. The van der Waals surface area contributed by atoms with Crippen LogP contribution in [0.3, 0.4) is 0 Å². The first-order valence-electron chi connectivity index (χ1n) is 11.4. The topological polar surface area (TPSA) is 105 Å². The first-order chi connectivity index (χ1) is 18.1. The van der Waals surface area contributed by atoms with Gasteiger partial charge in [0.05, 0.1) is 16.1 Å². The summed E-state index contributed by atoms with van der Waals surface area (Å²) < 4.78 is 82.6. The van der Waals surface area contributed by atoms with Crippen LogP contribution in [0.25, 0.3) is 0 Å². The Bertz CT molecular complexity index is 1570. The lowest BCUT2D eigenvalue weighted by Gasteiger charge is -2.45. The summed E-state index contributed by atoms with van der Waals surface area (Å²) in [5, 5.41) is 5.94. The summed E-state index contributed by atoms with van der Waals surface area (Å²) in [5.74, 6) is -6.61. The Labute approximate surface area is 229 Å². The number of oxime groups is 1. The lowest BCUT2D eigenvalue weighted by molar-refractivity contribution is -0.178. The molecular weight excluding hydrogens is 589 g/mol. The molecule has 0 radical (unpaired) electrons. The summed E-state index contributed by atoms with van der Waals surface area (Å²) in [6.45, 7) is 0.654. The fraction of sp³-hybridized carbons (Fsp3) is 0.375. The van der Waals surface area contributed by atoms with Crippen LogP contribution in [0.4, 0.5) is 17.6 Å². The molecule has 0 aliphatic carbocycles. The molecule has 1 spiro atoms. The minimum atomic E-state index is -5.09. The quantitative estimate of drug-likeness (QED) is 0.314. The van der Waals surface area contributed by atoms with Crippen molar-refractivity contribution >= 4 is 50.4 Å². The number of fused-ring (bicyclic) bond motifs is 2. The van der Waals surface area contributed by atoms with Crippen LogP contribution >= 0.6 is 23.2 Å². The zero-order valence-electron chi connectivity index (χ0n) is 20.2. The van der Waals surface area contributed by atoms with Gasteiger partial charge in [-0.15, -0.1) is 0 Å². The van der Waals surface area contributed by atoms with E-state index in [0.717, 1.165) is 18.4 Å². The number of alkyl halides is 3. The van der Waals surface area contributed by atoms with Crippen molar-refractivity contribution in [3.8, 4) is 0 Å². The second-order valence-corrected chi connectivity index (χ2v) is 12.7. The molecule has 2 unspecified atom stereocenters.